The van der Waals surface area contributed by atoms with Crippen LogP contribution in [0.25, 0.3) is 0 Å². The van der Waals surface area contributed by atoms with Gasteiger partial charge in [0.2, 0.25) is 5.91 Å². The maximum absolute atomic E-state index is 11.9. The number of benzene rings is 2. The summed E-state index contributed by atoms with van der Waals surface area (Å²) in [6.07, 6.45) is 2.31. The first-order valence-electron chi connectivity index (χ1n) is 7.70. The summed E-state index contributed by atoms with van der Waals surface area (Å²) in [5, 5.41) is 13.4. The van der Waals surface area contributed by atoms with Crippen LogP contribution in [0.15, 0.2) is 41.4 Å². The number of ether oxygens (including phenoxy) is 1. The van der Waals surface area contributed by atoms with Crippen molar-refractivity contribution >= 4 is 41.0 Å². The quantitative estimate of drug-likeness (QED) is 0.692. The number of phenolic OH excluding ortho intramolecular Hbond substituents is 1. The van der Waals surface area contributed by atoms with Gasteiger partial charge in [-0.25, -0.2) is 0 Å². The lowest BCUT2D eigenvalue weighted by Gasteiger charge is -2.07. The second-order valence-corrected chi connectivity index (χ2v) is 6.05. The lowest BCUT2D eigenvalue weighted by molar-refractivity contribution is -0.114. The minimum atomic E-state index is -0.345. The average molecular weight is 381 g/mol. The molecule has 0 fully saturated rings. The summed E-state index contributed by atoms with van der Waals surface area (Å²) in [7, 11) is 0. The minimum absolute atomic E-state index is 0.0376. The van der Waals surface area contributed by atoms with Gasteiger partial charge in [0.25, 0.3) is 0 Å². The van der Waals surface area contributed by atoms with Crippen LogP contribution < -0.4 is 10.1 Å². The summed E-state index contributed by atoms with van der Waals surface area (Å²) in [5.41, 5.74) is 0.923. The molecule has 1 amide bonds. The van der Waals surface area contributed by atoms with Crippen LogP contribution in [-0.2, 0) is 4.79 Å². The van der Waals surface area contributed by atoms with E-state index in [0.29, 0.717) is 33.7 Å². The fourth-order valence-corrected chi connectivity index (χ4v) is 2.29. The van der Waals surface area contributed by atoms with Gasteiger partial charge in [0.05, 0.1) is 17.3 Å². The van der Waals surface area contributed by atoms with Gasteiger partial charge in [-0.1, -0.05) is 30.1 Å². The lowest BCUT2D eigenvalue weighted by atomic mass is 10.2. The second kappa shape index (κ2) is 9.30. The zero-order chi connectivity index (χ0) is 18.2. The highest BCUT2D eigenvalue weighted by atomic mass is 35.5. The summed E-state index contributed by atoms with van der Waals surface area (Å²) in [4.78, 5) is 15.9. The number of carbonyl (C=O) groups is 1. The maximum Gasteiger partial charge on any atom is 0.246 e. The number of hydrogen-bond acceptors (Lipinski definition) is 4. The van der Waals surface area contributed by atoms with Crippen LogP contribution in [0, 0.1) is 0 Å². The first kappa shape index (κ1) is 19.1. The summed E-state index contributed by atoms with van der Waals surface area (Å²) in [6, 6.07) is 9.73. The van der Waals surface area contributed by atoms with Crippen LogP contribution in [0.3, 0.4) is 0 Å². The molecule has 25 heavy (non-hydrogen) atoms. The molecule has 0 bridgehead atoms. The normalized spacial score (nSPS) is 10.8. The highest BCUT2D eigenvalue weighted by Gasteiger charge is 2.06. The molecule has 0 atom stereocenters. The van der Waals surface area contributed by atoms with Crippen LogP contribution >= 0.6 is 23.2 Å². The van der Waals surface area contributed by atoms with Crippen LogP contribution in [0.2, 0.25) is 10.0 Å². The summed E-state index contributed by atoms with van der Waals surface area (Å²) < 4.78 is 5.43. The Hall–Kier alpha value is -2.24. The molecular weight excluding hydrogens is 363 g/mol. The highest BCUT2D eigenvalue weighted by Crippen LogP contribution is 2.25. The van der Waals surface area contributed by atoms with Crippen LogP contribution in [0.1, 0.15) is 18.9 Å². The Morgan fingerprint density at radius 2 is 2.08 bits per heavy atom. The van der Waals surface area contributed by atoms with Gasteiger partial charge in [0.15, 0.2) is 0 Å². The van der Waals surface area contributed by atoms with Gasteiger partial charge < -0.3 is 15.2 Å². The SMILES string of the molecule is CCCOc1ccc(C=NCC(=O)Nc2cc(Cl)ccc2Cl)c(O)c1. The topological polar surface area (TPSA) is 70.9 Å². The van der Waals surface area contributed by atoms with E-state index in [2.05, 4.69) is 10.3 Å². The van der Waals surface area contributed by atoms with Crippen molar-refractivity contribution in [1.29, 1.82) is 0 Å². The number of phenols is 1. The van der Waals surface area contributed by atoms with E-state index in [1.807, 2.05) is 6.92 Å². The Morgan fingerprint density at radius 3 is 2.80 bits per heavy atom. The molecule has 0 heterocycles. The second-order valence-electron chi connectivity index (χ2n) is 5.21. The van der Waals surface area contributed by atoms with Gasteiger partial charge in [0.1, 0.15) is 18.0 Å². The van der Waals surface area contributed by atoms with E-state index in [-0.39, 0.29) is 18.2 Å². The number of anilines is 1. The Morgan fingerprint density at radius 1 is 1.28 bits per heavy atom. The number of hydrogen-bond donors (Lipinski definition) is 2. The van der Waals surface area contributed by atoms with E-state index in [0.717, 1.165) is 6.42 Å². The molecule has 0 saturated carbocycles. The third-order valence-corrected chi connectivity index (χ3v) is 3.71. The zero-order valence-corrected chi connectivity index (χ0v) is 15.1. The van der Waals surface area contributed by atoms with Gasteiger partial charge in [-0.2, -0.15) is 0 Å². The smallest absolute Gasteiger partial charge is 0.246 e. The van der Waals surface area contributed by atoms with Crippen molar-refractivity contribution in [2.24, 2.45) is 4.99 Å². The fourth-order valence-electron chi connectivity index (χ4n) is 1.95. The Kier molecular flexibility index (Phi) is 7.10. The Labute approximate surface area is 156 Å². The number of aliphatic imine (C=N–C) groups is 1. The number of rotatable bonds is 7. The summed E-state index contributed by atoms with van der Waals surface area (Å²) in [6.45, 7) is 2.47. The van der Waals surface area contributed by atoms with Crippen molar-refractivity contribution < 1.29 is 14.6 Å². The maximum atomic E-state index is 11.9. The van der Waals surface area contributed by atoms with Crippen molar-refractivity contribution in [2.75, 3.05) is 18.5 Å². The predicted molar refractivity (Wildman–Crippen MR) is 101 cm³/mol. The number of aromatic hydroxyl groups is 1. The van der Waals surface area contributed by atoms with Crippen LogP contribution in [-0.4, -0.2) is 30.4 Å². The summed E-state index contributed by atoms with van der Waals surface area (Å²) in [5.74, 6) is 0.281. The molecular formula is C18H18Cl2N2O3. The van der Waals surface area contributed by atoms with E-state index < -0.39 is 0 Å². The molecule has 0 saturated heterocycles. The Balaban J connectivity index is 1.94. The van der Waals surface area contributed by atoms with E-state index in [1.165, 1.54) is 12.3 Å². The Bertz CT molecular complexity index is 779. The predicted octanol–water partition coefficient (Wildman–Crippen LogP) is 4.55. The van der Waals surface area contributed by atoms with E-state index in [9.17, 15) is 9.90 Å². The molecule has 2 rings (SSSR count). The third-order valence-electron chi connectivity index (χ3n) is 3.14. The number of amides is 1. The van der Waals surface area contributed by atoms with Gasteiger partial charge in [0, 0.05) is 22.9 Å². The minimum Gasteiger partial charge on any atom is -0.507 e. The van der Waals surface area contributed by atoms with E-state index >= 15 is 0 Å². The van der Waals surface area contributed by atoms with Gasteiger partial charge >= 0.3 is 0 Å². The van der Waals surface area contributed by atoms with Crippen molar-refractivity contribution in [2.45, 2.75) is 13.3 Å². The van der Waals surface area contributed by atoms with Crippen LogP contribution in [0.4, 0.5) is 5.69 Å². The third kappa shape index (κ3) is 5.96. The molecule has 0 aliphatic rings. The van der Waals surface area contributed by atoms with Gasteiger partial charge in [-0.15, -0.1) is 0 Å². The first-order valence-corrected chi connectivity index (χ1v) is 8.45. The molecule has 2 aromatic rings. The number of halogens is 2. The largest absolute Gasteiger partial charge is 0.507 e. The number of carbonyl (C=O) groups excluding carboxylic acids is 1. The molecule has 0 aromatic heterocycles. The van der Waals surface area contributed by atoms with Crippen molar-refractivity contribution in [3.63, 3.8) is 0 Å². The molecule has 0 spiro atoms. The van der Waals surface area contributed by atoms with Gasteiger partial charge in [-0.3, -0.25) is 9.79 Å². The molecule has 132 valence electrons. The highest BCUT2D eigenvalue weighted by molar-refractivity contribution is 6.35. The fraction of sp³-hybridized carbons (Fsp3) is 0.222. The molecule has 0 unspecified atom stereocenters. The van der Waals surface area contributed by atoms with E-state index in [1.54, 1.807) is 30.3 Å². The van der Waals surface area contributed by atoms with Crippen molar-refractivity contribution in [3.05, 3.63) is 52.0 Å². The molecule has 2 aromatic carbocycles. The monoisotopic (exact) mass is 380 g/mol. The lowest BCUT2D eigenvalue weighted by Crippen LogP contribution is -2.15. The first-order chi connectivity index (χ1) is 12.0. The van der Waals surface area contributed by atoms with Crippen LogP contribution in [0.5, 0.6) is 11.5 Å². The molecule has 0 aliphatic heterocycles. The number of nitrogens with one attached hydrogen (secondary N) is 1. The summed E-state index contributed by atoms with van der Waals surface area (Å²) >= 11 is 11.9. The molecule has 2 N–H and O–H groups in total. The average Bonchev–Trinajstić information content (AvgIpc) is 2.58. The standard InChI is InChI=1S/C18H18Cl2N2O3/c1-2-7-25-14-5-3-12(17(23)9-14)10-21-11-18(24)22-16-8-13(19)4-6-15(16)20/h3-6,8-10,23H,2,7,11H2,1H3,(H,22,24). The molecule has 0 aliphatic carbocycles. The zero-order valence-electron chi connectivity index (χ0n) is 13.6. The van der Waals surface area contributed by atoms with Crippen molar-refractivity contribution in [3.8, 4) is 11.5 Å². The molecule has 5 nitrogen and oxygen atoms in total. The van der Waals surface area contributed by atoms with Gasteiger partial charge in [-0.05, 0) is 36.8 Å². The number of nitrogens with zero attached hydrogens (tertiary/aromatic N) is 1. The molecule has 7 heteroatoms. The van der Waals surface area contributed by atoms with E-state index in [4.69, 9.17) is 27.9 Å². The molecule has 0 radical (unpaired) electrons. The van der Waals surface area contributed by atoms with Crippen molar-refractivity contribution in [1.82, 2.24) is 0 Å².